The number of nitrogens with two attached hydrogens (primary N) is 1. The molecule has 0 amide bonds. The van der Waals surface area contributed by atoms with Gasteiger partial charge in [-0.25, -0.2) is 4.39 Å². The van der Waals surface area contributed by atoms with E-state index in [1.165, 1.54) is 6.42 Å². The van der Waals surface area contributed by atoms with Crippen LogP contribution in [-0.2, 0) is 0 Å². The quantitative estimate of drug-likeness (QED) is 0.870. The molecule has 1 aromatic carbocycles. The van der Waals surface area contributed by atoms with Crippen molar-refractivity contribution in [2.24, 2.45) is 11.7 Å². The Balaban J connectivity index is 2.17. The lowest BCUT2D eigenvalue weighted by molar-refractivity contribution is 0.520. The van der Waals surface area contributed by atoms with Crippen molar-refractivity contribution in [3.63, 3.8) is 0 Å². The van der Waals surface area contributed by atoms with Gasteiger partial charge >= 0.3 is 0 Å². The Labute approximate surface area is 109 Å². The molecular weight excluding hydrogens is 227 g/mol. The zero-order valence-corrected chi connectivity index (χ0v) is 11.3. The van der Waals surface area contributed by atoms with E-state index in [9.17, 15) is 4.39 Å². The van der Waals surface area contributed by atoms with Crippen LogP contribution in [0.1, 0.15) is 44.7 Å². The predicted molar refractivity (Wildman–Crippen MR) is 74.2 cm³/mol. The SMILES string of the molecule is CC1CCCN(c2ccc([C@@H](C)N)cc2F)CC1. The summed E-state index contributed by atoms with van der Waals surface area (Å²) >= 11 is 0. The highest BCUT2D eigenvalue weighted by atomic mass is 19.1. The summed E-state index contributed by atoms with van der Waals surface area (Å²) in [5, 5.41) is 0. The Morgan fingerprint density at radius 3 is 2.78 bits per heavy atom. The summed E-state index contributed by atoms with van der Waals surface area (Å²) in [6.45, 7) is 6.06. The first-order valence-corrected chi connectivity index (χ1v) is 6.88. The normalized spacial score (nSPS) is 22.7. The second-order valence-electron chi connectivity index (χ2n) is 5.52. The molecule has 2 rings (SSSR count). The van der Waals surface area contributed by atoms with Crippen LogP contribution in [0.2, 0.25) is 0 Å². The average Bonchev–Trinajstić information content (AvgIpc) is 2.54. The molecule has 1 heterocycles. The minimum atomic E-state index is -0.139. The largest absolute Gasteiger partial charge is 0.369 e. The maximum atomic E-state index is 14.1. The number of benzene rings is 1. The maximum Gasteiger partial charge on any atom is 0.146 e. The molecule has 2 N–H and O–H groups in total. The fourth-order valence-electron chi connectivity index (χ4n) is 2.57. The molecule has 0 spiro atoms. The van der Waals surface area contributed by atoms with Crippen LogP contribution in [0.3, 0.4) is 0 Å². The van der Waals surface area contributed by atoms with Gasteiger partial charge in [0, 0.05) is 19.1 Å². The first-order chi connectivity index (χ1) is 8.58. The van der Waals surface area contributed by atoms with Crippen molar-refractivity contribution in [1.29, 1.82) is 0 Å². The molecule has 100 valence electrons. The lowest BCUT2D eigenvalue weighted by atomic mass is 10.0. The van der Waals surface area contributed by atoms with E-state index < -0.39 is 0 Å². The zero-order chi connectivity index (χ0) is 13.1. The molecule has 0 saturated carbocycles. The van der Waals surface area contributed by atoms with Gasteiger partial charge in [0.05, 0.1) is 5.69 Å². The van der Waals surface area contributed by atoms with Gasteiger partial charge in [-0.2, -0.15) is 0 Å². The summed E-state index contributed by atoms with van der Waals surface area (Å²) in [5.74, 6) is 0.612. The van der Waals surface area contributed by atoms with Crippen LogP contribution in [0.4, 0.5) is 10.1 Å². The van der Waals surface area contributed by atoms with Gasteiger partial charge < -0.3 is 10.6 Å². The van der Waals surface area contributed by atoms with Gasteiger partial charge in [0.25, 0.3) is 0 Å². The third-order valence-electron chi connectivity index (χ3n) is 3.85. The number of halogens is 1. The minimum absolute atomic E-state index is 0.113. The summed E-state index contributed by atoms with van der Waals surface area (Å²) in [7, 11) is 0. The minimum Gasteiger partial charge on any atom is -0.369 e. The molecule has 1 unspecified atom stereocenters. The summed E-state index contributed by atoms with van der Waals surface area (Å²) in [6.07, 6.45) is 3.54. The average molecular weight is 250 g/mol. The lowest BCUT2D eigenvalue weighted by Crippen LogP contribution is -2.25. The van der Waals surface area contributed by atoms with Crippen LogP contribution < -0.4 is 10.6 Å². The first-order valence-electron chi connectivity index (χ1n) is 6.88. The molecule has 1 aromatic rings. The summed E-state index contributed by atoms with van der Waals surface area (Å²) in [4.78, 5) is 2.17. The summed E-state index contributed by atoms with van der Waals surface area (Å²) < 4.78 is 14.1. The summed E-state index contributed by atoms with van der Waals surface area (Å²) in [5.41, 5.74) is 7.36. The fourth-order valence-corrected chi connectivity index (χ4v) is 2.57. The Hall–Kier alpha value is -1.09. The number of nitrogens with zero attached hydrogens (tertiary/aromatic N) is 1. The highest BCUT2D eigenvalue weighted by Gasteiger charge is 2.17. The van der Waals surface area contributed by atoms with Gasteiger partial charge in [-0.3, -0.25) is 0 Å². The lowest BCUT2D eigenvalue weighted by Gasteiger charge is -2.24. The Morgan fingerprint density at radius 1 is 1.33 bits per heavy atom. The maximum absolute atomic E-state index is 14.1. The van der Waals surface area contributed by atoms with Gasteiger partial charge in [-0.05, 0) is 49.8 Å². The van der Waals surface area contributed by atoms with E-state index in [4.69, 9.17) is 5.73 Å². The monoisotopic (exact) mass is 250 g/mol. The molecule has 0 radical (unpaired) electrons. The van der Waals surface area contributed by atoms with Gasteiger partial charge in [0.2, 0.25) is 0 Å². The molecule has 1 fully saturated rings. The van der Waals surface area contributed by atoms with Gasteiger partial charge in [-0.1, -0.05) is 13.0 Å². The van der Waals surface area contributed by atoms with Crippen molar-refractivity contribution in [2.45, 2.75) is 39.2 Å². The highest BCUT2D eigenvalue weighted by Crippen LogP contribution is 2.26. The molecule has 2 atom stereocenters. The molecule has 3 heteroatoms. The van der Waals surface area contributed by atoms with Crippen LogP contribution in [0.25, 0.3) is 0 Å². The molecule has 1 aliphatic rings. The Kier molecular flexibility index (Phi) is 4.23. The number of anilines is 1. The fraction of sp³-hybridized carbons (Fsp3) is 0.600. The van der Waals surface area contributed by atoms with E-state index in [2.05, 4.69) is 11.8 Å². The van der Waals surface area contributed by atoms with Crippen LogP contribution >= 0.6 is 0 Å². The molecular formula is C15H23FN2. The Bertz CT molecular complexity index is 403. The van der Waals surface area contributed by atoms with Crippen LogP contribution in [0.5, 0.6) is 0 Å². The van der Waals surface area contributed by atoms with Crippen molar-refractivity contribution < 1.29 is 4.39 Å². The molecule has 18 heavy (non-hydrogen) atoms. The molecule has 0 aliphatic carbocycles. The van der Waals surface area contributed by atoms with E-state index >= 15 is 0 Å². The molecule has 2 nitrogen and oxygen atoms in total. The Morgan fingerprint density at radius 2 is 2.11 bits per heavy atom. The van der Waals surface area contributed by atoms with Crippen LogP contribution in [-0.4, -0.2) is 13.1 Å². The standard InChI is InChI=1S/C15H23FN2/c1-11-4-3-8-18(9-7-11)15-6-5-13(12(2)17)10-14(15)16/h5-6,10-12H,3-4,7-9,17H2,1-2H3/t11?,12-/m1/s1. The van der Waals surface area contributed by atoms with Gasteiger partial charge in [0.15, 0.2) is 0 Å². The topological polar surface area (TPSA) is 29.3 Å². The first kappa shape index (κ1) is 13.3. The highest BCUT2D eigenvalue weighted by molar-refractivity contribution is 5.49. The zero-order valence-electron chi connectivity index (χ0n) is 11.3. The van der Waals surface area contributed by atoms with Crippen molar-refractivity contribution in [3.8, 4) is 0 Å². The van der Waals surface area contributed by atoms with E-state index in [1.807, 2.05) is 19.1 Å². The predicted octanol–water partition coefficient (Wildman–Crippen LogP) is 3.47. The van der Waals surface area contributed by atoms with E-state index in [1.54, 1.807) is 6.07 Å². The molecule has 1 saturated heterocycles. The third kappa shape index (κ3) is 3.02. The van der Waals surface area contributed by atoms with E-state index in [-0.39, 0.29) is 11.9 Å². The third-order valence-corrected chi connectivity index (χ3v) is 3.85. The smallest absolute Gasteiger partial charge is 0.146 e. The van der Waals surface area contributed by atoms with Crippen molar-refractivity contribution >= 4 is 5.69 Å². The summed E-state index contributed by atoms with van der Waals surface area (Å²) in [6, 6.07) is 5.29. The van der Waals surface area contributed by atoms with Crippen molar-refractivity contribution in [3.05, 3.63) is 29.6 Å². The van der Waals surface area contributed by atoms with Crippen molar-refractivity contribution in [2.75, 3.05) is 18.0 Å². The second kappa shape index (κ2) is 5.70. The van der Waals surface area contributed by atoms with E-state index in [0.29, 0.717) is 0 Å². The van der Waals surface area contributed by atoms with Crippen LogP contribution in [0.15, 0.2) is 18.2 Å². The number of rotatable bonds is 2. The van der Waals surface area contributed by atoms with E-state index in [0.717, 1.165) is 43.1 Å². The molecule has 0 aromatic heterocycles. The van der Waals surface area contributed by atoms with Gasteiger partial charge in [0.1, 0.15) is 5.82 Å². The molecule has 0 bridgehead atoms. The second-order valence-corrected chi connectivity index (χ2v) is 5.52. The van der Waals surface area contributed by atoms with Gasteiger partial charge in [-0.15, -0.1) is 0 Å². The molecule has 1 aliphatic heterocycles. The van der Waals surface area contributed by atoms with Crippen LogP contribution in [0, 0.1) is 11.7 Å². The number of hydrogen-bond donors (Lipinski definition) is 1. The number of hydrogen-bond acceptors (Lipinski definition) is 2. The van der Waals surface area contributed by atoms with Crippen molar-refractivity contribution in [1.82, 2.24) is 0 Å².